The first-order chi connectivity index (χ1) is 23.8. The molecule has 1 amide bonds. The molecule has 0 spiro atoms. The lowest BCUT2D eigenvalue weighted by Crippen LogP contribution is -2.45. The number of benzene rings is 4. The number of thioether (sulfide) groups is 1. The topological polar surface area (TPSA) is 156 Å². The SMILES string of the molecule is Cc1ccc(S(=O)(=O)NC(Cc2ccccc2)C(=O)Nc2ccc(C3OC(CSc4ncn[nH]4)CC(c4ccc(CO)cc4)O3)cc2)cc1. The van der Waals surface area contributed by atoms with Crippen molar-refractivity contribution in [2.75, 3.05) is 11.1 Å². The first kappa shape index (κ1) is 34.5. The van der Waals surface area contributed by atoms with Gasteiger partial charge in [0.15, 0.2) is 11.4 Å². The van der Waals surface area contributed by atoms with Crippen LogP contribution in [-0.4, -0.2) is 52.5 Å². The highest BCUT2D eigenvalue weighted by Crippen LogP contribution is 2.39. The second-order valence-electron chi connectivity index (χ2n) is 11.7. The van der Waals surface area contributed by atoms with Crippen LogP contribution >= 0.6 is 11.8 Å². The molecule has 2 heterocycles. The lowest BCUT2D eigenvalue weighted by atomic mass is 10.0. The van der Waals surface area contributed by atoms with Crippen molar-refractivity contribution >= 4 is 33.4 Å². The third-order valence-electron chi connectivity index (χ3n) is 8.09. The molecule has 6 rings (SSSR count). The third-order valence-corrected chi connectivity index (χ3v) is 10.6. The maximum atomic E-state index is 13.6. The Morgan fingerprint density at radius 3 is 2.33 bits per heavy atom. The molecule has 1 saturated heterocycles. The van der Waals surface area contributed by atoms with Gasteiger partial charge in [-0.25, -0.2) is 13.4 Å². The van der Waals surface area contributed by atoms with Gasteiger partial charge >= 0.3 is 0 Å². The molecule has 4 unspecified atom stereocenters. The van der Waals surface area contributed by atoms with Crippen molar-refractivity contribution in [1.29, 1.82) is 0 Å². The highest BCUT2D eigenvalue weighted by molar-refractivity contribution is 7.99. The molecule has 0 bridgehead atoms. The standard InChI is InChI=1S/C36H37N5O6S2/c1-24-7-17-31(18-8-24)49(44,45)41-32(19-25-5-3-2-4-6-25)34(43)39-29-15-13-28(14-16-29)35-46-30(22-48-36-37-23-38-40-36)20-33(47-35)27-11-9-26(21-42)10-12-27/h2-18,23,30,32-33,35,41-42H,19-22H2,1H3,(H,39,43)(H,37,38,40). The number of H-pyrrole nitrogens is 1. The number of sulfonamides is 1. The summed E-state index contributed by atoms with van der Waals surface area (Å²) >= 11 is 1.51. The Labute approximate surface area is 289 Å². The highest BCUT2D eigenvalue weighted by atomic mass is 32.2. The van der Waals surface area contributed by atoms with Crippen molar-refractivity contribution in [3.05, 3.63) is 137 Å². The van der Waals surface area contributed by atoms with Crippen LogP contribution in [0.4, 0.5) is 5.69 Å². The van der Waals surface area contributed by atoms with Crippen molar-refractivity contribution in [3.8, 4) is 0 Å². The number of anilines is 1. The van der Waals surface area contributed by atoms with Crippen molar-refractivity contribution in [2.45, 2.75) is 61.0 Å². The van der Waals surface area contributed by atoms with Gasteiger partial charge in [0.25, 0.3) is 0 Å². The molecular weight excluding hydrogens is 663 g/mol. The van der Waals surface area contributed by atoms with Crippen LogP contribution < -0.4 is 10.0 Å². The van der Waals surface area contributed by atoms with E-state index in [-0.39, 0.29) is 30.1 Å². The average Bonchev–Trinajstić information content (AvgIpc) is 3.65. The first-order valence-electron chi connectivity index (χ1n) is 15.8. The van der Waals surface area contributed by atoms with E-state index in [0.29, 0.717) is 23.0 Å². The predicted molar refractivity (Wildman–Crippen MR) is 186 cm³/mol. The minimum absolute atomic E-state index is 0.0392. The normalized spacial score (nSPS) is 18.5. The van der Waals surface area contributed by atoms with Crippen molar-refractivity contribution in [3.63, 3.8) is 0 Å². The molecule has 1 fully saturated rings. The van der Waals surface area contributed by atoms with Crippen LogP contribution in [0.2, 0.25) is 0 Å². The van der Waals surface area contributed by atoms with Crippen LogP contribution in [0.1, 0.15) is 46.6 Å². The van der Waals surface area contributed by atoms with E-state index in [0.717, 1.165) is 27.8 Å². The number of aliphatic hydroxyl groups excluding tert-OH is 1. The number of hydrogen-bond donors (Lipinski definition) is 4. The van der Waals surface area contributed by atoms with Crippen LogP contribution in [0.3, 0.4) is 0 Å². The maximum Gasteiger partial charge on any atom is 0.242 e. The molecule has 11 nitrogen and oxygen atoms in total. The predicted octanol–water partition coefficient (Wildman–Crippen LogP) is 5.47. The summed E-state index contributed by atoms with van der Waals surface area (Å²) in [6.45, 7) is 1.84. The van der Waals surface area contributed by atoms with Gasteiger partial charge in [0.2, 0.25) is 15.9 Å². The van der Waals surface area contributed by atoms with Gasteiger partial charge in [-0.2, -0.15) is 9.82 Å². The Hall–Kier alpha value is -4.37. The van der Waals surface area contributed by atoms with E-state index >= 15 is 0 Å². The Kier molecular flexibility index (Phi) is 11.2. The number of nitrogens with one attached hydrogen (secondary N) is 3. The number of aromatic nitrogens is 3. The molecule has 1 aliphatic rings. The van der Waals surface area contributed by atoms with Crippen molar-refractivity contribution in [1.82, 2.24) is 19.9 Å². The smallest absolute Gasteiger partial charge is 0.242 e. The van der Waals surface area contributed by atoms with Crippen LogP contribution in [0.25, 0.3) is 0 Å². The van der Waals surface area contributed by atoms with E-state index in [1.807, 2.05) is 73.7 Å². The number of carbonyl (C=O) groups excluding carboxylic acids is 1. The summed E-state index contributed by atoms with van der Waals surface area (Å²) in [7, 11) is -3.98. The molecule has 1 aliphatic heterocycles. The van der Waals surface area contributed by atoms with Crippen LogP contribution in [-0.2, 0) is 37.3 Å². The van der Waals surface area contributed by atoms with Gasteiger partial charge in [-0.05, 0) is 54.3 Å². The minimum atomic E-state index is -3.98. The molecule has 0 radical (unpaired) electrons. The molecule has 0 saturated carbocycles. The number of aromatic amines is 1. The van der Waals surface area contributed by atoms with Crippen molar-refractivity contribution < 1.29 is 27.8 Å². The van der Waals surface area contributed by atoms with E-state index in [1.54, 1.807) is 24.3 Å². The Balaban J connectivity index is 1.17. The molecule has 49 heavy (non-hydrogen) atoms. The van der Waals surface area contributed by atoms with Crippen LogP contribution in [0.5, 0.6) is 0 Å². The summed E-state index contributed by atoms with van der Waals surface area (Å²) in [5, 5.41) is 19.8. The molecule has 4 N–H and O–H groups in total. The average molecular weight is 700 g/mol. The van der Waals surface area contributed by atoms with Gasteiger partial charge in [0, 0.05) is 23.4 Å². The number of nitrogens with zero attached hydrogens (tertiary/aromatic N) is 2. The number of carbonyl (C=O) groups is 1. The number of aryl methyl sites for hydroxylation is 1. The third kappa shape index (κ3) is 9.21. The zero-order chi connectivity index (χ0) is 34.2. The molecule has 5 aromatic rings. The number of rotatable bonds is 13. The van der Waals surface area contributed by atoms with E-state index in [2.05, 4.69) is 25.2 Å². The number of aliphatic hydroxyl groups is 1. The van der Waals surface area contributed by atoms with Gasteiger partial charge in [-0.3, -0.25) is 9.89 Å². The molecular formula is C36H37N5O6S2. The fourth-order valence-electron chi connectivity index (χ4n) is 5.42. The van der Waals surface area contributed by atoms with Crippen LogP contribution in [0.15, 0.2) is 120 Å². The molecule has 4 aromatic carbocycles. The molecule has 254 valence electrons. The zero-order valence-corrected chi connectivity index (χ0v) is 28.4. The van der Waals surface area contributed by atoms with E-state index in [4.69, 9.17) is 9.47 Å². The fraction of sp³-hybridized carbons (Fsp3) is 0.250. The van der Waals surface area contributed by atoms with Crippen molar-refractivity contribution in [2.24, 2.45) is 0 Å². The monoisotopic (exact) mass is 699 g/mol. The van der Waals surface area contributed by atoms with Gasteiger partial charge in [-0.1, -0.05) is 96.2 Å². The number of hydrogen-bond acceptors (Lipinski definition) is 9. The largest absolute Gasteiger partial charge is 0.392 e. The lowest BCUT2D eigenvalue weighted by Gasteiger charge is -2.36. The second kappa shape index (κ2) is 15.9. The summed E-state index contributed by atoms with van der Waals surface area (Å²) in [6, 6.07) is 29.5. The lowest BCUT2D eigenvalue weighted by molar-refractivity contribution is -0.245. The summed E-state index contributed by atoms with van der Waals surface area (Å²) in [5.41, 5.74) is 4.78. The molecule has 13 heteroatoms. The first-order valence-corrected chi connectivity index (χ1v) is 18.2. The number of ether oxygens (including phenoxy) is 2. The minimum Gasteiger partial charge on any atom is -0.392 e. The summed E-state index contributed by atoms with van der Waals surface area (Å²) < 4.78 is 42.0. The molecule has 4 atom stereocenters. The van der Waals surface area contributed by atoms with Gasteiger partial charge in [0.1, 0.15) is 12.4 Å². The van der Waals surface area contributed by atoms with E-state index in [9.17, 15) is 18.3 Å². The van der Waals surface area contributed by atoms with E-state index < -0.39 is 28.3 Å². The maximum absolute atomic E-state index is 13.6. The Morgan fingerprint density at radius 1 is 0.939 bits per heavy atom. The van der Waals surface area contributed by atoms with Gasteiger partial charge in [-0.15, -0.1) is 0 Å². The highest BCUT2D eigenvalue weighted by Gasteiger charge is 2.33. The number of amides is 1. The van der Waals surface area contributed by atoms with Gasteiger partial charge in [0.05, 0.1) is 23.7 Å². The van der Waals surface area contributed by atoms with Crippen LogP contribution in [0, 0.1) is 6.92 Å². The summed E-state index contributed by atoms with van der Waals surface area (Å²) in [5.74, 6) is 0.128. The van der Waals surface area contributed by atoms with E-state index in [1.165, 1.54) is 30.2 Å². The van der Waals surface area contributed by atoms with Gasteiger partial charge < -0.3 is 19.9 Å². The summed E-state index contributed by atoms with van der Waals surface area (Å²) in [6.07, 6.45) is 1.13. The molecule has 0 aliphatic carbocycles. The fourth-order valence-corrected chi connectivity index (χ4v) is 7.41. The Morgan fingerprint density at radius 2 is 1.65 bits per heavy atom. The Bertz CT molecular complexity index is 1910. The zero-order valence-electron chi connectivity index (χ0n) is 26.7. The quantitative estimate of drug-likeness (QED) is 0.117. The molecule has 1 aromatic heterocycles. The summed E-state index contributed by atoms with van der Waals surface area (Å²) in [4.78, 5) is 17.9. The second-order valence-corrected chi connectivity index (χ2v) is 14.5.